The van der Waals surface area contributed by atoms with Crippen molar-refractivity contribution >= 4 is 23.5 Å². The van der Waals surface area contributed by atoms with E-state index >= 15 is 0 Å². The molecule has 0 radical (unpaired) electrons. The summed E-state index contributed by atoms with van der Waals surface area (Å²) in [7, 11) is 0. The number of hydrazine groups is 1. The van der Waals surface area contributed by atoms with Gasteiger partial charge in [0.2, 0.25) is 5.95 Å². The summed E-state index contributed by atoms with van der Waals surface area (Å²) in [5, 5.41) is 2.81. The summed E-state index contributed by atoms with van der Waals surface area (Å²) in [6.45, 7) is 0.541. The predicted molar refractivity (Wildman–Crippen MR) is 66.3 cm³/mol. The number of aromatic nitrogens is 2. The number of alkyl halides is 3. The number of rotatable bonds is 6. The Bertz CT molecular complexity index is 385. The zero-order chi connectivity index (χ0) is 13.6. The van der Waals surface area contributed by atoms with E-state index in [0.717, 1.165) is 18.2 Å². The Hall–Kier alpha value is -1.22. The first-order valence-electron chi connectivity index (χ1n) is 5.13. The lowest BCUT2D eigenvalue weighted by Gasteiger charge is -2.11. The molecule has 0 saturated carbocycles. The second-order valence-electron chi connectivity index (χ2n) is 3.38. The lowest BCUT2D eigenvalue weighted by Crippen LogP contribution is -2.17. The molecule has 9 heteroatoms. The molecule has 1 aromatic heterocycles. The molecule has 1 rings (SSSR count). The number of nitrogens with two attached hydrogens (primary N) is 1. The summed E-state index contributed by atoms with van der Waals surface area (Å²) < 4.78 is 37.6. The Morgan fingerprint density at radius 1 is 1.39 bits per heavy atom. The van der Waals surface area contributed by atoms with Crippen LogP contribution in [-0.4, -0.2) is 28.5 Å². The molecule has 0 aliphatic carbocycles. The van der Waals surface area contributed by atoms with Crippen molar-refractivity contribution in [2.75, 3.05) is 29.3 Å². The molecule has 0 unspecified atom stereocenters. The molecule has 0 atom stereocenters. The Morgan fingerprint density at radius 3 is 2.67 bits per heavy atom. The van der Waals surface area contributed by atoms with Gasteiger partial charge in [-0.25, -0.2) is 10.8 Å². The third-order valence-corrected chi connectivity index (χ3v) is 2.67. The average Bonchev–Trinajstić information content (AvgIpc) is 2.33. The zero-order valence-corrected chi connectivity index (χ0v) is 10.5. The number of anilines is 2. The Labute approximate surface area is 107 Å². The predicted octanol–water partition coefficient (Wildman–Crippen LogP) is 1.95. The van der Waals surface area contributed by atoms with E-state index in [1.54, 1.807) is 11.8 Å². The maximum absolute atomic E-state index is 12.5. The lowest BCUT2D eigenvalue weighted by atomic mass is 10.3. The Balaban J connectivity index is 2.78. The van der Waals surface area contributed by atoms with Gasteiger partial charge in [0.15, 0.2) is 5.69 Å². The Kier molecular flexibility index (Phi) is 5.48. The summed E-state index contributed by atoms with van der Waals surface area (Å²) >= 11 is 1.67. The molecule has 0 spiro atoms. The highest BCUT2D eigenvalue weighted by Crippen LogP contribution is 2.29. The van der Waals surface area contributed by atoms with E-state index in [4.69, 9.17) is 5.84 Å². The number of hydrogen-bond donors (Lipinski definition) is 3. The molecule has 102 valence electrons. The number of hydrogen-bond acceptors (Lipinski definition) is 6. The molecule has 1 heterocycles. The van der Waals surface area contributed by atoms with Crippen molar-refractivity contribution in [2.24, 2.45) is 5.84 Å². The minimum absolute atomic E-state index is 0.103. The van der Waals surface area contributed by atoms with Crippen LogP contribution in [-0.2, 0) is 6.18 Å². The van der Waals surface area contributed by atoms with Gasteiger partial charge in [-0.1, -0.05) is 0 Å². The topological polar surface area (TPSA) is 75.9 Å². The van der Waals surface area contributed by atoms with Crippen molar-refractivity contribution in [1.29, 1.82) is 0 Å². The van der Waals surface area contributed by atoms with Crippen LogP contribution in [0.5, 0.6) is 0 Å². The molecular weight excluding hydrogens is 267 g/mol. The molecule has 0 saturated heterocycles. The van der Waals surface area contributed by atoms with Crippen molar-refractivity contribution in [3.8, 4) is 0 Å². The van der Waals surface area contributed by atoms with Gasteiger partial charge in [-0.2, -0.15) is 29.9 Å². The summed E-state index contributed by atoms with van der Waals surface area (Å²) in [4.78, 5) is 7.05. The van der Waals surface area contributed by atoms with Gasteiger partial charge in [-0.15, -0.1) is 0 Å². The molecule has 18 heavy (non-hydrogen) atoms. The van der Waals surface area contributed by atoms with E-state index in [1.165, 1.54) is 0 Å². The average molecular weight is 281 g/mol. The highest BCUT2D eigenvalue weighted by molar-refractivity contribution is 7.98. The minimum Gasteiger partial charge on any atom is -0.370 e. The highest BCUT2D eigenvalue weighted by Gasteiger charge is 2.33. The van der Waals surface area contributed by atoms with Gasteiger partial charge >= 0.3 is 6.18 Å². The summed E-state index contributed by atoms with van der Waals surface area (Å²) in [6, 6.07) is 0.861. The minimum atomic E-state index is -4.52. The van der Waals surface area contributed by atoms with Gasteiger partial charge in [-0.05, 0) is 18.4 Å². The third kappa shape index (κ3) is 4.57. The lowest BCUT2D eigenvalue weighted by molar-refractivity contribution is -0.141. The maximum atomic E-state index is 12.5. The van der Waals surface area contributed by atoms with E-state index in [9.17, 15) is 13.2 Å². The van der Waals surface area contributed by atoms with E-state index in [-0.39, 0.29) is 11.8 Å². The van der Waals surface area contributed by atoms with Gasteiger partial charge in [-0.3, -0.25) is 5.43 Å². The van der Waals surface area contributed by atoms with E-state index in [1.807, 2.05) is 11.7 Å². The van der Waals surface area contributed by atoms with Crippen molar-refractivity contribution < 1.29 is 13.2 Å². The van der Waals surface area contributed by atoms with Gasteiger partial charge in [0.1, 0.15) is 5.82 Å². The monoisotopic (exact) mass is 281 g/mol. The molecule has 0 bridgehead atoms. The van der Waals surface area contributed by atoms with Crippen molar-refractivity contribution in [3.63, 3.8) is 0 Å². The second-order valence-corrected chi connectivity index (χ2v) is 4.36. The Morgan fingerprint density at radius 2 is 2.11 bits per heavy atom. The van der Waals surface area contributed by atoms with Gasteiger partial charge < -0.3 is 5.32 Å². The standard InChI is InChI=1S/C9H14F3N5S/c1-18-4-2-3-14-7-5-6(9(10,11)12)15-8(16-7)17-13/h5H,2-4,13H2,1H3,(H2,14,15,16,17). The van der Waals surface area contributed by atoms with E-state index < -0.39 is 11.9 Å². The van der Waals surface area contributed by atoms with Crippen LogP contribution in [0.4, 0.5) is 24.9 Å². The molecule has 4 N–H and O–H groups in total. The number of halogens is 3. The summed E-state index contributed by atoms with van der Waals surface area (Å²) in [5.41, 5.74) is 0.985. The zero-order valence-electron chi connectivity index (χ0n) is 9.71. The fourth-order valence-corrected chi connectivity index (χ4v) is 1.61. The summed E-state index contributed by atoms with van der Waals surface area (Å²) in [6.07, 6.45) is -1.73. The fraction of sp³-hybridized carbons (Fsp3) is 0.556. The molecule has 0 aliphatic rings. The molecule has 5 nitrogen and oxygen atoms in total. The van der Waals surface area contributed by atoms with Gasteiger partial charge in [0.05, 0.1) is 0 Å². The first-order valence-corrected chi connectivity index (χ1v) is 6.52. The van der Waals surface area contributed by atoms with Crippen LogP contribution in [0.2, 0.25) is 0 Å². The highest BCUT2D eigenvalue weighted by atomic mass is 32.2. The smallest absolute Gasteiger partial charge is 0.370 e. The molecule has 0 aromatic carbocycles. The first kappa shape index (κ1) is 14.8. The number of nitrogen functional groups attached to an aromatic ring is 1. The molecule has 0 fully saturated rings. The van der Waals surface area contributed by atoms with Crippen LogP contribution in [0.3, 0.4) is 0 Å². The van der Waals surface area contributed by atoms with Crippen LogP contribution >= 0.6 is 11.8 Å². The summed E-state index contributed by atoms with van der Waals surface area (Å²) in [5.74, 6) is 5.79. The van der Waals surface area contributed by atoms with Crippen molar-refractivity contribution in [2.45, 2.75) is 12.6 Å². The molecule has 1 aromatic rings. The second kappa shape index (κ2) is 6.64. The van der Waals surface area contributed by atoms with E-state index in [0.29, 0.717) is 6.54 Å². The third-order valence-electron chi connectivity index (χ3n) is 1.98. The SMILES string of the molecule is CSCCCNc1cc(C(F)(F)F)nc(NN)n1. The van der Waals surface area contributed by atoms with Crippen molar-refractivity contribution in [3.05, 3.63) is 11.8 Å². The van der Waals surface area contributed by atoms with Gasteiger partial charge in [0, 0.05) is 12.6 Å². The quantitative estimate of drug-likeness (QED) is 0.420. The van der Waals surface area contributed by atoms with Crippen LogP contribution in [0, 0.1) is 0 Å². The first-order chi connectivity index (χ1) is 8.47. The molecular formula is C9H14F3N5S. The molecule has 0 amide bonds. The van der Waals surface area contributed by atoms with Crippen LogP contribution in [0.15, 0.2) is 6.07 Å². The normalized spacial score (nSPS) is 11.4. The number of nitrogens with one attached hydrogen (secondary N) is 2. The van der Waals surface area contributed by atoms with Crippen LogP contribution in [0.25, 0.3) is 0 Å². The number of nitrogens with zero attached hydrogens (tertiary/aromatic N) is 2. The maximum Gasteiger partial charge on any atom is 0.433 e. The van der Waals surface area contributed by atoms with Crippen LogP contribution in [0.1, 0.15) is 12.1 Å². The van der Waals surface area contributed by atoms with Crippen LogP contribution < -0.4 is 16.6 Å². The molecule has 0 aliphatic heterocycles. The largest absolute Gasteiger partial charge is 0.433 e. The fourth-order valence-electron chi connectivity index (χ4n) is 1.18. The van der Waals surface area contributed by atoms with E-state index in [2.05, 4.69) is 15.3 Å². The van der Waals surface area contributed by atoms with Gasteiger partial charge in [0.25, 0.3) is 0 Å². The number of thioether (sulfide) groups is 1. The van der Waals surface area contributed by atoms with Crippen molar-refractivity contribution in [1.82, 2.24) is 9.97 Å².